The average molecular weight is 552 g/mol. The van der Waals surface area contributed by atoms with Crippen LogP contribution in [0.2, 0.25) is 20.1 Å². The maximum Gasteiger partial charge on any atom is 0.272 e. The van der Waals surface area contributed by atoms with Crippen molar-refractivity contribution in [2.75, 3.05) is 9.80 Å². The lowest BCUT2D eigenvalue weighted by Crippen LogP contribution is -2.29. The smallest absolute Gasteiger partial charge is 0.268 e. The maximum atomic E-state index is 13.1. The van der Waals surface area contributed by atoms with Gasteiger partial charge in [-0.1, -0.05) is 94.4 Å². The van der Waals surface area contributed by atoms with E-state index in [0.717, 1.165) is 23.5 Å². The molecule has 0 unspecified atom stereocenters. The fraction of sp³-hybridized carbons (Fsp3) is 0. The number of carbonyl (C=O) groups is 2. The van der Waals surface area contributed by atoms with Gasteiger partial charge in [0, 0.05) is 0 Å². The van der Waals surface area contributed by atoms with E-state index in [4.69, 9.17) is 70.8 Å². The van der Waals surface area contributed by atoms with Gasteiger partial charge in [0.25, 0.3) is 11.8 Å². The molecule has 0 saturated carbocycles. The molecule has 2 aromatic carbocycles. The van der Waals surface area contributed by atoms with Crippen LogP contribution in [0, 0.1) is 0 Å². The van der Waals surface area contributed by atoms with Crippen molar-refractivity contribution in [3.05, 3.63) is 66.3 Å². The minimum atomic E-state index is -0.432. The molecule has 2 saturated heterocycles. The van der Waals surface area contributed by atoms with Gasteiger partial charge in [0.15, 0.2) is 8.64 Å². The molecular formula is C18H6Cl4N2O2S4. The second-order valence-electron chi connectivity index (χ2n) is 5.87. The van der Waals surface area contributed by atoms with E-state index in [-0.39, 0.29) is 28.5 Å². The molecule has 0 radical (unpaired) electrons. The van der Waals surface area contributed by atoms with Crippen molar-refractivity contribution in [2.45, 2.75) is 0 Å². The van der Waals surface area contributed by atoms with E-state index in [2.05, 4.69) is 0 Å². The first kappa shape index (κ1) is 22.4. The summed E-state index contributed by atoms with van der Waals surface area (Å²) in [7, 11) is 0. The van der Waals surface area contributed by atoms with Crippen molar-refractivity contribution in [1.29, 1.82) is 0 Å². The van der Waals surface area contributed by atoms with Crippen LogP contribution in [0.1, 0.15) is 0 Å². The zero-order valence-electron chi connectivity index (χ0n) is 14.3. The van der Waals surface area contributed by atoms with Gasteiger partial charge in [0.2, 0.25) is 0 Å². The summed E-state index contributed by atoms with van der Waals surface area (Å²) in [6.45, 7) is 0. The quantitative estimate of drug-likeness (QED) is 0.297. The third-order valence-electron chi connectivity index (χ3n) is 4.07. The number of carbonyl (C=O) groups excluding carboxylic acids is 2. The molecule has 4 nitrogen and oxygen atoms in total. The van der Waals surface area contributed by atoms with Gasteiger partial charge in [0.05, 0.1) is 41.3 Å². The monoisotopic (exact) mass is 550 g/mol. The van der Waals surface area contributed by atoms with Crippen LogP contribution in [0.5, 0.6) is 0 Å². The highest BCUT2D eigenvalue weighted by molar-refractivity contribution is 8.30. The number of anilines is 2. The summed E-state index contributed by atoms with van der Waals surface area (Å²) in [6, 6.07) is 9.48. The minimum Gasteiger partial charge on any atom is -0.268 e. The Labute approximate surface area is 210 Å². The Morgan fingerprint density at radius 2 is 1.00 bits per heavy atom. The molecule has 0 atom stereocenters. The Morgan fingerprint density at radius 3 is 1.33 bits per heavy atom. The molecule has 12 heteroatoms. The molecule has 2 aromatic rings. The number of rotatable bonds is 2. The Kier molecular flexibility index (Phi) is 6.41. The standard InChI is InChI=1S/C18H6Cl4N2O2S4/c19-9-3-1-7(5-11(9)21)23-15(25)13(29-17(23)27)14-16(26)24(18(28)30-14)8-2-4-10(20)12(22)6-8/h1-6H. The molecule has 2 amide bonds. The molecule has 0 spiro atoms. The van der Waals surface area contributed by atoms with Crippen molar-refractivity contribution in [3.63, 3.8) is 0 Å². The van der Waals surface area contributed by atoms with Gasteiger partial charge in [0.1, 0.15) is 0 Å². The number of thiocarbonyl (C=S) groups is 2. The number of amides is 2. The van der Waals surface area contributed by atoms with Gasteiger partial charge in [-0.25, -0.2) is 0 Å². The number of nitrogens with zero attached hydrogens (tertiary/aromatic N) is 2. The normalized spacial score (nSPS) is 19.5. The summed E-state index contributed by atoms with van der Waals surface area (Å²) >= 11 is 36.8. The van der Waals surface area contributed by atoms with Crippen molar-refractivity contribution in [2.24, 2.45) is 0 Å². The predicted octanol–water partition coefficient (Wildman–Crippen LogP) is 6.94. The first-order valence-corrected chi connectivity index (χ1v) is 11.9. The van der Waals surface area contributed by atoms with Gasteiger partial charge in [-0.05, 0) is 36.4 Å². The number of halogens is 4. The van der Waals surface area contributed by atoms with E-state index in [1.165, 1.54) is 9.80 Å². The van der Waals surface area contributed by atoms with Gasteiger partial charge in [-0.15, -0.1) is 0 Å². The van der Waals surface area contributed by atoms with Crippen LogP contribution < -0.4 is 9.80 Å². The van der Waals surface area contributed by atoms with Crippen LogP contribution in [0.4, 0.5) is 11.4 Å². The van der Waals surface area contributed by atoms with Crippen LogP contribution in [0.25, 0.3) is 0 Å². The van der Waals surface area contributed by atoms with Crippen LogP contribution in [0.3, 0.4) is 0 Å². The van der Waals surface area contributed by atoms with E-state index >= 15 is 0 Å². The summed E-state index contributed by atoms with van der Waals surface area (Å²) in [5.74, 6) is -0.865. The largest absolute Gasteiger partial charge is 0.272 e. The third kappa shape index (κ3) is 3.89. The molecule has 0 bridgehead atoms. The number of hydrogen-bond donors (Lipinski definition) is 0. The Bertz CT molecular complexity index is 1110. The lowest BCUT2D eigenvalue weighted by Gasteiger charge is -2.15. The molecule has 2 aliphatic heterocycles. The zero-order valence-corrected chi connectivity index (χ0v) is 20.6. The van der Waals surface area contributed by atoms with E-state index in [1.807, 2.05) is 0 Å². The Balaban J connectivity index is 1.71. The highest BCUT2D eigenvalue weighted by atomic mass is 35.5. The summed E-state index contributed by atoms with van der Waals surface area (Å²) in [5, 5.41) is 1.28. The number of thioether (sulfide) groups is 2. The van der Waals surface area contributed by atoms with E-state index in [9.17, 15) is 9.59 Å². The van der Waals surface area contributed by atoms with Crippen molar-refractivity contribution >= 4 is 126 Å². The highest BCUT2D eigenvalue weighted by Crippen LogP contribution is 2.45. The molecule has 2 fully saturated rings. The highest BCUT2D eigenvalue weighted by Gasteiger charge is 2.43. The Morgan fingerprint density at radius 1 is 0.633 bits per heavy atom. The van der Waals surface area contributed by atoms with E-state index in [1.54, 1.807) is 36.4 Å². The molecule has 0 aromatic heterocycles. The van der Waals surface area contributed by atoms with Gasteiger partial charge >= 0.3 is 0 Å². The lowest BCUT2D eigenvalue weighted by molar-refractivity contribution is -0.115. The summed E-state index contributed by atoms with van der Waals surface area (Å²) < 4.78 is 0.543. The average Bonchev–Trinajstić information content (AvgIpc) is 3.15. The topological polar surface area (TPSA) is 40.6 Å². The van der Waals surface area contributed by atoms with Crippen molar-refractivity contribution in [3.8, 4) is 0 Å². The fourth-order valence-electron chi connectivity index (χ4n) is 2.70. The van der Waals surface area contributed by atoms with Gasteiger partial charge in [-0.3, -0.25) is 19.4 Å². The molecule has 2 aliphatic rings. The third-order valence-corrected chi connectivity index (χ3v) is 8.42. The molecule has 0 N–H and O–H groups in total. The van der Waals surface area contributed by atoms with Crippen LogP contribution in [-0.2, 0) is 9.59 Å². The summed E-state index contributed by atoms with van der Waals surface area (Å²) in [5.41, 5.74) is 0.920. The van der Waals surface area contributed by atoms with Gasteiger partial charge < -0.3 is 0 Å². The first-order chi connectivity index (χ1) is 14.2. The van der Waals surface area contributed by atoms with Crippen LogP contribution >= 0.6 is 94.4 Å². The molecule has 4 rings (SSSR count). The van der Waals surface area contributed by atoms with Crippen LogP contribution in [-0.4, -0.2) is 20.5 Å². The molecule has 0 aliphatic carbocycles. The summed E-state index contributed by atoms with van der Waals surface area (Å²) in [6.07, 6.45) is 0. The molecule has 152 valence electrons. The second-order valence-corrected chi connectivity index (χ2v) is 10.8. The SMILES string of the molecule is O=C1C(=C2SC(=S)N(c3ccc(Cl)c(Cl)c3)C2=O)SC(=S)N1c1ccc(Cl)c(Cl)c1. The first-order valence-electron chi connectivity index (χ1n) is 7.96. The lowest BCUT2D eigenvalue weighted by atomic mass is 10.2. The zero-order chi connectivity index (χ0) is 21.7. The Hall–Kier alpha value is -0.840. The predicted molar refractivity (Wildman–Crippen MR) is 135 cm³/mol. The van der Waals surface area contributed by atoms with E-state index < -0.39 is 11.8 Å². The minimum absolute atomic E-state index is 0.200. The van der Waals surface area contributed by atoms with Crippen LogP contribution in [0.15, 0.2) is 46.2 Å². The fourth-order valence-corrected chi connectivity index (χ4v) is 6.04. The number of hydrogen-bond acceptors (Lipinski definition) is 6. The van der Waals surface area contributed by atoms with Gasteiger partial charge in [-0.2, -0.15) is 0 Å². The summed E-state index contributed by atoms with van der Waals surface area (Å²) in [4.78, 5) is 29.2. The van der Waals surface area contributed by atoms with E-state index in [0.29, 0.717) is 21.4 Å². The second kappa shape index (κ2) is 8.60. The number of benzene rings is 2. The van der Waals surface area contributed by atoms with Crippen molar-refractivity contribution < 1.29 is 9.59 Å². The molecular weight excluding hydrogens is 546 g/mol. The molecule has 2 heterocycles. The maximum absolute atomic E-state index is 13.1. The van der Waals surface area contributed by atoms with Crippen molar-refractivity contribution in [1.82, 2.24) is 0 Å². The molecule has 30 heavy (non-hydrogen) atoms.